The van der Waals surface area contributed by atoms with Gasteiger partial charge in [-0.1, -0.05) is 45.0 Å². The number of benzene rings is 1. The lowest BCUT2D eigenvalue weighted by atomic mass is 9.92. The van der Waals surface area contributed by atoms with E-state index in [1.807, 2.05) is 17.0 Å². The van der Waals surface area contributed by atoms with Gasteiger partial charge in [0.05, 0.1) is 0 Å². The van der Waals surface area contributed by atoms with Gasteiger partial charge in [0.2, 0.25) is 11.7 Å². The van der Waals surface area contributed by atoms with Crippen LogP contribution in [0.25, 0.3) is 11.4 Å². The first-order chi connectivity index (χ1) is 11.5. The van der Waals surface area contributed by atoms with Gasteiger partial charge in [-0.25, -0.2) is 0 Å². The minimum Gasteiger partial charge on any atom is -0.340 e. The zero-order valence-corrected chi connectivity index (χ0v) is 14.6. The van der Waals surface area contributed by atoms with Crippen molar-refractivity contribution in [3.05, 3.63) is 29.8 Å². The zero-order chi connectivity index (χ0) is 17.1. The molecule has 128 valence electrons. The third-order valence-electron chi connectivity index (χ3n) is 4.57. The average Bonchev–Trinajstić information content (AvgIpc) is 3.02. The Balaban J connectivity index is 1.66. The first-order valence-corrected chi connectivity index (χ1v) is 8.70. The number of hydrogen-bond acceptors (Lipinski definition) is 4. The van der Waals surface area contributed by atoms with Crippen LogP contribution >= 0.6 is 0 Å². The van der Waals surface area contributed by atoms with E-state index in [4.69, 9.17) is 0 Å². The van der Waals surface area contributed by atoms with Crippen LogP contribution in [0.1, 0.15) is 32.8 Å². The molecule has 0 aliphatic carbocycles. The van der Waals surface area contributed by atoms with Crippen molar-refractivity contribution in [2.24, 2.45) is 11.8 Å². The van der Waals surface area contributed by atoms with E-state index in [0.29, 0.717) is 17.7 Å². The fourth-order valence-electron chi connectivity index (χ4n) is 3.40. The quantitative estimate of drug-likeness (QED) is 0.865. The fraction of sp³-hybridized carbons (Fsp3) is 0.556. The van der Waals surface area contributed by atoms with Crippen LogP contribution in [0.3, 0.4) is 0 Å². The van der Waals surface area contributed by atoms with E-state index in [2.05, 4.69) is 48.3 Å². The highest BCUT2D eigenvalue weighted by molar-refractivity contribution is 5.76. The first kappa shape index (κ1) is 16.6. The van der Waals surface area contributed by atoms with Crippen molar-refractivity contribution in [2.45, 2.75) is 40.2 Å². The summed E-state index contributed by atoms with van der Waals surface area (Å²) in [4.78, 5) is 15.8. The van der Waals surface area contributed by atoms with Gasteiger partial charge in [0, 0.05) is 18.7 Å². The second kappa shape index (κ2) is 7.11. The summed E-state index contributed by atoms with van der Waals surface area (Å²) in [7, 11) is 0. The van der Waals surface area contributed by atoms with E-state index in [-0.39, 0.29) is 12.5 Å². The molecule has 0 saturated carbocycles. The Bertz CT molecular complexity index is 684. The van der Waals surface area contributed by atoms with Crippen LogP contribution < -0.4 is 0 Å². The molecule has 1 aromatic carbocycles. The molecule has 24 heavy (non-hydrogen) atoms. The van der Waals surface area contributed by atoms with E-state index in [0.717, 1.165) is 25.1 Å². The van der Waals surface area contributed by atoms with Crippen LogP contribution in [-0.2, 0) is 17.8 Å². The minimum absolute atomic E-state index is 0.0682. The smallest absolute Gasteiger partial charge is 0.246 e. The molecular formula is C18H25N5O. The number of amides is 1. The average molecular weight is 327 g/mol. The number of tetrazole rings is 1. The van der Waals surface area contributed by atoms with Crippen LogP contribution in [0.15, 0.2) is 24.3 Å². The maximum Gasteiger partial charge on any atom is 0.246 e. The third-order valence-corrected chi connectivity index (χ3v) is 4.57. The van der Waals surface area contributed by atoms with Gasteiger partial charge in [-0.05, 0) is 35.5 Å². The van der Waals surface area contributed by atoms with Crippen LogP contribution in [-0.4, -0.2) is 44.1 Å². The molecular weight excluding hydrogens is 302 g/mol. The van der Waals surface area contributed by atoms with Gasteiger partial charge in [-0.2, -0.15) is 4.80 Å². The molecule has 0 bridgehead atoms. The molecule has 3 rings (SSSR count). The van der Waals surface area contributed by atoms with Crippen molar-refractivity contribution in [3.8, 4) is 11.4 Å². The monoisotopic (exact) mass is 327 g/mol. The van der Waals surface area contributed by atoms with E-state index >= 15 is 0 Å². The van der Waals surface area contributed by atoms with Crippen molar-refractivity contribution < 1.29 is 4.79 Å². The number of carbonyl (C=O) groups is 1. The number of aryl methyl sites for hydroxylation is 1. The largest absolute Gasteiger partial charge is 0.340 e. The molecule has 2 heterocycles. The number of nitrogens with zero attached hydrogens (tertiary/aromatic N) is 5. The second-order valence-corrected chi connectivity index (χ2v) is 6.94. The van der Waals surface area contributed by atoms with E-state index in [1.165, 1.54) is 16.8 Å². The second-order valence-electron chi connectivity index (χ2n) is 6.94. The van der Waals surface area contributed by atoms with Crippen molar-refractivity contribution >= 4 is 5.91 Å². The van der Waals surface area contributed by atoms with Gasteiger partial charge < -0.3 is 4.90 Å². The van der Waals surface area contributed by atoms with Crippen molar-refractivity contribution in [1.29, 1.82) is 0 Å². The summed E-state index contributed by atoms with van der Waals surface area (Å²) in [5, 5.41) is 12.5. The highest BCUT2D eigenvalue weighted by Crippen LogP contribution is 2.21. The van der Waals surface area contributed by atoms with Gasteiger partial charge in [-0.3, -0.25) is 4.79 Å². The molecule has 0 spiro atoms. The molecule has 1 aliphatic heterocycles. The molecule has 6 heteroatoms. The van der Waals surface area contributed by atoms with Crippen LogP contribution in [0.5, 0.6) is 0 Å². The highest BCUT2D eigenvalue weighted by Gasteiger charge is 2.25. The molecule has 2 aromatic rings. The predicted octanol–water partition coefficient (Wildman–Crippen LogP) is 2.41. The van der Waals surface area contributed by atoms with Gasteiger partial charge in [0.25, 0.3) is 0 Å². The maximum absolute atomic E-state index is 12.5. The van der Waals surface area contributed by atoms with E-state index in [1.54, 1.807) is 0 Å². The molecule has 6 nitrogen and oxygen atoms in total. The number of piperidine rings is 1. The Hall–Kier alpha value is -2.24. The summed E-state index contributed by atoms with van der Waals surface area (Å²) in [6.45, 7) is 8.31. The summed E-state index contributed by atoms with van der Waals surface area (Å²) < 4.78 is 0. The summed E-state index contributed by atoms with van der Waals surface area (Å²) in [5.74, 6) is 1.73. The Morgan fingerprint density at radius 2 is 1.83 bits per heavy atom. The number of rotatable bonds is 4. The normalized spacial score (nSPS) is 21.0. The van der Waals surface area contributed by atoms with Crippen LogP contribution in [0, 0.1) is 11.8 Å². The molecule has 0 radical (unpaired) electrons. The topological polar surface area (TPSA) is 63.9 Å². The highest BCUT2D eigenvalue weighted by atomic mass is 16.2. The van der Waals surface area contributed by atoms with Crippen molar-refractivity contribution in [3.63, 3.8) is 0 Å². The van der Waals surface area contributed by atoms with E-state index < -0.39 is 0 Å². The summed E-state index contributed by atoms with van der Waals surface area (Å²) in [6.07, 6.45) is 2.19. The molecule has 1 aromatic heterocycles. The number of hydrogen-bond donors (Lipinski definition) is 0. The first-order valence-electron chi connectivity index (χ1n) is 8.70. The lowest BCUT2D eigenvalue weighted by Gasteiger charge is -2.34. The van der Waals surface area contributed by atoms with Crippen molar-refractivity contribution in [2.75, 3.05) is 13.1 Å². The van der Waals surface area contributed by atoms with Crippen LogP contribution in [0.2, 0.25) is 0 Å². The Morgan fingerprint density at radius 3 is 2.46 bits per heavy atom. The number of likely N-dealkylation sites (tertiary alicyclic amines) is 1. The molecule has 2 atom stereocenters. The molecule has 1 saturated heterocycles. The molecule has 1 aliphatic rings. The van der Waals surface area contributed by atoms with E-state index in [9.17, 15) is 4.79 Å². The third kappa shape index (κ3) is 3.80. The van der Waals surface area contributed by atoms with Crippen LogP contribution in [0.4, 0.5) is 0 Å². The molecule has 1 amide bonds. The standard InChI is InChI=1S/C18H25N5O/c1-4-15-5-7-16(8-6-15)18-19-21-23(20-18)12-17(24)22-10-13(2)9-14(3)11-22/h5-8,13-14H,4,9-12H2,1-3H3/t13-,14-/m1/s1. The SMILES string of the molecule is CCc1ccc(-c2nnn(CC(=O)N3C[C@H](C)C[C@@H](C)C3)n2)cc1. The van der Waals surface area contributed by atoms with Gasteiger partial charge >= 0.3 is 0 Å². The summed E-state index contributed by atoms with van der Waals surface area (Å²) in [6, 6.07) is 8.13. The minimum atomic E-state index is 0.0682. The lowest BCUT2D eigenvalue weighted by molar-refractivity contribution is -0.135. The Kier molecular flexibility index (Phi) is 4.92. The van der Waals surface area contributed by atoms with Crippen molar-refractivity contribution in [1.82, 2.24) is 25.1 Å². The fourth-order valence-corrected chi connectivity index (χ4v) is 3.40. The maximum atomic E-state index is 12.5. The van der Waals surface area contributed by atoms with Gasteiger partial charge in [0.15, 0.2) is 0 Å². The predicted molar refractivity (Wildman–Crippen MR) is 92.2 cm³/mol. The number of carbonyl (C=O) groups excluding carboxylic acids is 1. The summed E-state index contributed by atoms with van der Waals surface area (Å²) in [5.41, 5.74) is 2.20. The molecule has 0 N–H and O–H groups in total. The molecule has 1 fully saturated rings. The molecule has 0 unspecified atom stereocenters. The Morgan fingerprint density at radius 1 is 1.17 bits per heavy atom. The summed E-state index contributed by atoms with van der Waals surface area (Å²) >= 11 is 0. The lowest BCUT2D eigenvalue weighted by Crippen LogP contribution is -2.44. The van der Waals surface area contributed by atoms with Gasteiger partial charge in [-0.15, -0.1) is 10.2 Å². The van der Waals surface area contributed by atoms with Gasteiger partial charge in [0.1, 0.15) is 6.54 Å². The Labute approximate surface area is 142 Å². The zero-order valence-electron chi connectivity index (χ0n) is 14.6. The number of aromatic nitrogens is 4.